The van der Waals surface area contributed by atoms with Crippen LogP contribution in [0.3, 0.4) is 0 Å². The van der Waals surface area contributed by atoms with E-state index in [0.29, 0.717) is 5.56 Å². The minimum Gasteiger partial charge on any atom is -0.396 e. The average Bonchev–Trinajstić information content (AvgIpc) is 2.77. The van der Waals surface area contributed by atoms with Gasteiger partial charge in [-0.1, -0.05) is 24.6 Å². The van der Waals surface area contributed by atoms with Crippen molar-refractivity contribution >= 4 is 5.91 Å². The quantitative estimate of drug-likeness (QED) is 0.810. The van der Waals surface area contributed by atoms with Crippen molar-refractivity contribution in [2.24, 2.45) is 5.92 Å². The molecule has 1 amide bonds. The lowest BCUT2D eigenvalue weighted by atomic mass is 10.0. The van der Waals surface area contributed by atoms with E-state index in [1.54, 1.807) is 12.1 Å². The number of rotatable bonds is 3. The largest absolute Gasteiger partial charge is 0.396 e. The van der Waals surface area contributed by atoms with E-state index in [-0.39, 0.29) is 24.5 Å². The van der Waals surface area contributed by atoms with Crippen LogP contribution >= 0.6 is 0 Å². The molecule has 16 heavy (non-hydrogen) atoms. The van der Waals surface area contributed by atoms with Gasteiger partial charge in [-0.2, -0.15) is 0 Å². The number of hydrogen-bond acceptors (Lipinski definition) is 2. The van der Waals surface area contributed by atoms with Crippen molar-refractivity contribution in [3.8, 4) is 0 Å². The predicted molar refractivity (Wildman–Crippen MR) is 62.1 cm³/mol. The van der Waals surface area contributed by atoms with Crippen molar-refractivity contribution in [2.45, 2.75) is 25.3 Å². The number of amides is 1. The molecule has 2 atom stereocenters. The second kappa shape index (κ2) is 5.12. The minimum atomic E-state index is -0.0362. The summed E-state index contributed by atoms with van der Waals surface area (Å²) in [5, 5.41) is 12.2. The first-order valence-electron chi connectivity index (χ1n) is 5.78. The zero-order valence-electron chi connectivity index (χ0n) is 9.23. The molecule has 3 nitrogen and oxygen atoms in total. The summed E-state index contributed by atoms with van der Waals surface area (Å²) >= 11 is 0. The van der Waals surface area contributed by atoms with Crippen LogP contribution in [0.4, 0.5) is 0 Å². The molecule has 0 saturated heterocycles. The lowest BCUT2D eigenvalue weighted by Crippen LogP contribution is -2.38. The van der Waals surface area contributed by atoms with E-state index >= 15 is 0 Å². The van der Waals surface area contributed by atoms with Gasteiger partial charge < -0.3 is 10.4 Å². The van der Waals surface area contributed by atoms with Gasteiger partial charge >= 0.3 is 0 Å². The van der Waals surface area contributed by atoms with Gasteiger partial charge in [-0.15, -0.1) is 0 Å². The summed E-state index contributed by atoms with van der Waals surface area (Å²) in [6.07, 6.45) is 3.07. The van der Waals surface area contributed by atoms with Gasteiger partial charge in [-0.3, -0.25) is 4.79 Å². The summed E-state index contributed by atoms with van der Waals surface area (Å²) in [6.45, 7) is 0.166. The van der Waals surface area contributed by atoms with E-state index in [1.165, 1.54) is 0 Å². The molecule has 3 heteroatoms. The van der Waals surface area contributed by atoms with Gasteiger partial charge in [0.1, 0.15) is 0 Å². The van der Waals surface area contributed by atoms with Gasteiger partial charge in [0.25, 0.3) is 5.91 Å². The van der Waals surface area contributed by atoms with Crippen LogP contribution in [0.25, 0.3) is 0 Å². The fraction of sp³-hybridized carbons (Fsp3) is 0.462. The molecule has 0 heterocycles. The van der Waals surface area contributed by atoms with Crippen LogP contribution in [-0.2, 0) is 0 Å². The van der Waals surface area contributed by atoms with E-state index in [9.17, 15) is 4.79 Å². The molecule has 0 bridgehead atoms. The van der Waals surface area contributed by atoms with Crippen molar-refractivity contribution in [2.75, 3.05) is 6.61 Å². The monoisotopic (exact) mass is 219 g/mol. The molecule has 0 spiro atoms. The lowest BCUT2D eigenvalue weighted by molar-refractivity contribution is 0.0916. The Balaban J connectivity index is 1.97. The molecule has 1 aliphatic rings. The molecule has 2 rings (SSSR count). The topological polar surface area (TPSA) is 49.3 Å². The summed E-state index contributed by atoms with van der Waals surface area (Å²) in [7, 11) is 0. The van der Waals surface area contributed by atoms with Crippen LogP contribution < -0.4 is 5.32 Å². The summed E-state index contributed by atoms with van der Waals surface area (Å²) in [4.78, 5) is 11.9. The number of benzene rings is 1. The third kappa shape index (κ3) is 2.42. The summed E-state index contributed by atoms with van der Waals surface area (Å²) in [5.41, 5.74) is 0.686. The van der Waals surface area contributed by atoms with Gasteiger partial charge in [-0.05, 0) is 25.0 Å². The Labute approximate surface area is 95.5 Å². The number of hydrogen-bond donors (Lipinski definition) is 2. The van der Waals surface area contributed by atoms with Crippen molar-refractivity contribution in [1.82, 2.24) is 5.32 Å². The minimum absolute atomic E-state index is 0.0362. The zero-order chi connectivity index (χ0) is 11.4. The summed E-state index contributed by atoms with van der Waals surface area (Å²) in [6, 6.07) is 9.34. The number of nitrogens with one attached hydrogen (secondary N) is 1. The molecule has 1 aromatic carbocycles. The van der Waals surface area contributed by atoms with E-state index in [4.69, 9.17) is 5.11 Å². The Morgan fingerprint density at radius 1 is 1.31 bits per heavy atom. The first-order valence-corrected chi connectivity index (χ1v) is 5.78. The van der Waals surface area contributed by atoms with Crippen LogP contribution in [0.1, 0.15) is 29.6 Å². The predicted octanol–water partition coefficient (Wildman–Crippen LogP) is 1.58. The van der Waals surface area contributed by atoms with Gasteiger partial charge in [0.2, 0.25) is 0 Å². The standard InChI is InChI=1S/C13H17NO2/c15-9-11-7-4-8-12(11)14-13(16)10-5-2-1-3-6-10/h1-3,5-6,11-12,15H,4,7-9H2,(H,14,16). The molecule has 1 aromatic rings. The van der Waals surface area contributed by atoms with Gasteiger partial charge in [-0.25, -0.2) is 0 Å². The number of aliphatic hydroxyl groups is 1. The average molecular weight is 219 g/mol. The Hall–Kier alpha value is -1.35. The lowest BCUT2D eigenvalue weighted by Gasteiger charge is -2.18. The van der Waals surface area contributed by atoms with Crippen LogP contribution in [0.2, 0.25) is 0 Å². The Morgan fingerprint density at radius 2 is 2.06 bits per heavy atom. The van der Waals surface area contributed by atoms with Crippen LogP contribution in [0, 0.1) is 5.92 Å². The molecular weight excluding hydrogens is 202 g/mol. The number of carbonyl (C=O) groups excluding carboxylic acids is 1. The Morgan fingerprint density at radius 3 is 2.75 bits per heavy atom. The SMILES string of the molecule is O=C(NC1CCCC1CO)c1ccccc1. The molecule has 1 fully saturated rings. The molecule has 2 unspecified atom stereocenters. The number of aliphatic hydroxyl groups excluding tert-OH is 1. The van der Waals surface area contributed by atoms with E-state index in [0.717, 1.165) is 19.3 Å². The molecule has 2 N–H and O–H groups in total. The van der Waals surface area contributed by atoms with E-state index < -0.39 is 0 Å². The molecule has 0 radical (unpaired) electrons. The summed E-state index contributed by atoms with van der Waals surface area (Å²) < 4.78 is 0. The van der Waals surface area contributed by atoms with Crippen molar-refractivity contribution in [1.29, 1.82) is 0 Å². The second-order valence-electron chi connectivity index (χ2n) is 4.32. The summed E-state index contributed by atoms with van der Waals surface area (Å²) in [5.74, 6) is 0.193. The fourth-order valence-electron chi connectivity index (χ4n) is 2.29. The smallest absolute Gasteiger partial charge is 0.251 e. The molecule has 0 aromatic heterocycles. The van der Waals surface area contributed by atoms with Gasteiger partial charge in [0, 0.05) is 24.1 Å². The van der Waals surface area contributed by atoms with E-state index in [1.807, 2.05) is 18.2 Å². The Bertz CT molecular complexity index is 350. The fourth-order valence-corrected chi connectivity index (χ4v) is 2.29. The highest BCUT2D eigenvalue weighted by Crippen LogP contribution is 2.25. The molecule has 1 aliphatic carbocycles. The first kappa shape index (κ1) is 11.1. The third-order valence-corrected chi connectivity index (χ3v) is 3.25. The van der Waals surface area contributed by atoms with Gasteiger partial charge in [0.15, 0.2) is 0 Å². The highest BCUT2D eigenvalue weighted by atomic mass is 16.3. The molecular formula is C13H17NO2. The van der Waals surface area contributed by atoms with E-state index in [2.05, 4.69) is 5.32 Å². The Kier molecular flexibility index (Phi) is 3.57. The van der Waals surface area contributed by atoms with Crippen LogP contribution in [-0.4, -0.2) is 23.7 Å². The van der Waals surface area contributed by atoms with Crippen molar-refractivity contribution in [3.05, 3.63) is 35.9 Å². The third-order valence-electron chi connectivity index (χ3n) is 3.25. The highest BCUT2D eigenvalue weighted by Gasteiger charge is 2.27. The zero-order valence-corrected chi connectivity index (χ0v) is 9.23. The normalized spacial score (nSPS) is 24.3. The molecule has 0 aliphatic heterocycles. The number of carbonyl (C=O) groups is 1. The van der Waals surface area contributed by atoms with Gasteiger partial charge in [0.05, 0.1) is 0 Å². The van der Waals surface area contributed by atoms with Crippen LogP contribution in [0.15, 0.2) is 30.3 Å². The van der Waals surface area contributed by atoms with Crippen LogP contribution in [0.5, 0.6) is 0 Å². The highest BCUT2D eigenvalue weighted by molar-refractivity contribution is 5.94. The maximum absolute atomic E-state index is 11.9. The maximum Gasteiger partial charge on any atom is 0.251 e. The first-order chi connectivity index (χ1) is 7.81. The molecule has 1 saturated carbocycles. The van der Waals surface area contributed by atoms with Crippen molar-refractivity contribution in [3.63, 3.8) is 0 Å². The maximum atomic E-state index is 11.9. The molecule has 86 valence electrons. The van der Waals surface area contributed by atoms with Crippen molar-refractivity contribution < 1.29 is 9.90 Å². The second-order valence-corrected chi connectivity index (χ2v) is 4.32.